The van der Waals surface area contributed by atoms with E-state index >= 15 is 0 Å². The van der Waals surface area contributed by atoms with Crippen molar-refractivity contribution >= 4 is 23.6 Å². The first-order valence-corrected chi connectivity index (χ1v) is 25.5. The molecule has 6 unspecified atom stereocenters. The van der Waals surface area contributed by atoms with Crippen LogP contribution in [0.2, 0.25) is 0 Å². The van der Waals surface area contributed by atoms with E-state index in [-0.39, 0.29) is 62.9 Å². The summed E-state index contributed by atoms with van der Waals surface area (Å²) in [7, 11) is 0. The number of carbonyl (C=O) groups is 2. The first kappa shape index (κ1) is 54.0. The highest BCUT2D eigenvalue weighted by Crippen LogP contribution is 2.62. The molecule has 68 heavy (non-hydrogen) atoms. The fourth-order valence-corrected chi connectivity index (χ4v) is 10.4. The Labute approximate surface area is 403 Å². The number of rotatable bonds is 31. The number of unbranched alkanes of at least 4 members (excludes halogenated alkanes) is 11. The van der Waals surface area contributed by atoms with Crippen molar-refractivity contribution in [2.45, 2.75) is 161 Å². The summed E-state index contributed by atoms with van der Waals surface area (Å²) in [5, 5.41) is 39.0. The summed E-state index contributed by atoms with van der Waals surface area (Å²) in [6, 6.07) is 10.8. The second kappa shape index (κ2) is 28.5. The highest BCUT2D eigenvalue weighted by Gasteiger charge is 2.65. The van der Waals surface area contributed by atoms with E-state index in [1.165, 1.54) is 57.1 Å². The fourth-order valence-electron chi connectivity index (χ4n) is 10.4. The molecular weight excluding hydrogens is 869 g/mol. The number of fused-ring (bicyclic) bond motifs is 2. The van der Waals surface area contributed by atoms with Gasteiger partial charge in [-0.05, 0) is 98.8 Å². The number of aliphatic hydroxyl groups is 2. The van der Waals surface area contributed by atoms with Crippen LogP contribution in [0.1, 0.15) is 153 Å². The zero-order chi connectivity index (χ0) is 48.7. The summed E-state index contributed by atoms with van der Waals surface area (Å²) >= 11 is 0. The molecule has 2 aliphatic carbocycles. The predicted octanol–water partition coefficient (Wildman–Crippen LogP) is 11.3. The molecule has 0 saturated heterocycles. The molecule has 1 aliphatic heterocycles. The van der Waals surface area contributed by atoms with Crippen molar-refractivity contribution in [3.8, 4) is 11.5 Å². The molecule has 376 valence electrons. The predicted molar refractivity (Wildman–Crippen MR) is 263 cm³/mol. The summed E-state index contributed by atoms with van der Waals surface area (Å²) < 4.78 is 25.9. The Morgan fingerprint density at radius 3 is 2.26 bits per heavy atom. The summed E-state index contributed by atoms with van der Waals surface area (Å²) in [6.07, 6.45) is 19.9. The highest BCUT2D eigenvalue weighted by atomic mass is 16.7. The molecule has 2 aromatic carbocycles. The van der Waals surface area contributed by atoms with E-state index in [1.807, 2.05) is 19.1 Å². The molecule has 3 aliphatic rings. The third-order valence-corrected chi connectivity index (χ3v) is 13.6. The summed E-state index contributed by atoms with van der Waals surface area (Å²) in [6.45, 7) is 11.2. The van der Waals surface area contributed by atoms with Crippen LogP contribution in [0.15, 0.2) is 71.9 Å². The number of benzene rings is 2. The van der Waals surface area contributed by atoms with Crippen molar-refractivity contribution in [1.29, 1.82) is 0 Å². The zero-order valence-electron chi connectivity index (χ0n) is 40.9. The molecule has 15 heteroatoms. The number of oxime groups is 1. The molecular formula is C53H78N4O11. The summed E-state index contributed by atoms with van der Waals surface area (Å²) in [4.78, 5) is 46.1. The lowest BCUT2D eigenvalue weighted by Crippen LogP contribution is -2.70. The quantitative estimate of drug-likeness (QED) is 0.0282. The van der Waals surface area contributed by atoms with Gasteiger partial charge < -0.3 is 39.3 Å². The van der Waals surface area contributed by atoms with Crippen LogP contribution >= 0.6 is 0 Å². The largest absolute Gasteiger partial charge is 0.459 e. The molecule has 2 amide bonds. The second-order valence-corrected chi connectivity index (χ2v) is 18.4. The number of hydrogen-bond acceptors (Lipinski definition) is 12. The van der Waals surface area contributed by atoms with E-state index in [0.717, 1.165) is 56.1 Å². The Morgan fingerprint density at radius 1 is 0.926 bits per heavy atom. The van der Waals surface area contributed by atoms with Crippen molar-refractivity contribution in [3.63, 3.8) is 0 Å². The van der Waals surface area contributed by atoms with Gasteiger partial charge >= 0.3 is 12.2 Å². The molecule has 1 heterocycles. The Bertz CT molecular complexity index is 1960. The molecule has 0 aromatic heterocycles. The SMILES string of the molecule is C=CCOC12Oc3ccc(OC(=O)NCCCCCCCCCCCC)cc3C3C(CCCCO)C(CCCCO)C=C(C(=NOCc4ccc([N+](=O)[O-])cc4)CC1N(CCC)C(=O)OCC)C32. The van der Waals surface area contributed by atoms with Crippen LogP contribution in [0.25, 0.3) is 0 Å². The molecule has 1 fully saturated rings. The standard InChI is InChI=1S/C53H78N4O11/c1-5-9-10-11-12-13-14-15-16-19-30-54-51(60)67-42-28-29-47-45(36-42)49-43(23-18-21-33-59)40(22-17-20-32-58)35-44-46(55-66-38-39-24-26-41(27-25-39)57(62)63)37-48(56(31-6-2)52(61)64-8-4)53(68-47,50(44)49)65-34-7-3/h7,24-29,35-36,40,43,48-50,58-59H,3,5-6,8-23,30-34,37-38H2,1-2,4H3,(H,54,60). The number of ether oxygens (including phenoxy) is 4. The van der Waals surface area contributed by atoms with E-state index in [4.69, 9.17) is 28.9 Å². The number of nitrogens with one attached hydrogen (secondary N) is 1. The molecule has 3 N–H and O–H groups in total. The number of nitro benzene ring substituents is 1. The van der Waals surface area contributed by atoms with Gasteiger partial charge in [0.1, 0.15) is 24.1 Å². The van der Waals surface area contributed by atoms with Crippen molar-refractivity contribution in [2.24, 2.45) is 22.9 Å². The summed E-state index contributed by atoms with van der Waals surface area (Å²) in [5.74, 6) is -1.52. The number of nitrogens with zero attached hydrogens (tertiary/aromatic N) is 3. The van der Waals surface area contributed by atoms with Crippen LogP contribution < -0.4 is 14.8 Å². The van der Waals surface area contributed by atoms with Gasteiger partial charge in [0.15, 0.2) is 0 Å². The zero-order valence-corrected chi connectivity index (χ0v) is 40.9. The average molecular weight is 947 g/mol. The molecule has 1 saturated carbocycles. The van der Waals surface area contributed by atoms with Gasteiger partial charge in [0.25, 0.3) is 5.69 Å². The van der Waals surface area contributed by atoms with Gasteiger partial charge in [-0.25, -0.2) is 9.59 Å². The van der Waals surface area contributed by atoms with Crippen LogP contribution in [0.5, 0.6) is 11.5 Å². The molecule has 6 atom stereocenters. The maximum atomic E-state index is 14.1. The number of non-ortho nitro benzene ring substituents is 1. The lowest BCUT2D eigenvalue weighted by Gasteiger charge is -2.59. The van der Waals surface area contributed by atoms with E-state index in [1.54, 1.807) is 36.1 Å². The summed E-state index contributed by atoms with van der Waals surface area (Å²) in [5.41, 5.74) is 2.92. The maximum absolute atomic E-state index is 14.1. The van der Waals surface area contributed by atoms with Crippen LogP contribution in [0, 0.1) is 27.9 Å². The minimum Gasteiger partial charge on any atom is -0.459 e. The first-order chi connectivity index (χ1) is 33.2. The van der Waals surface area contributed by atoms with Crippen molar-refractivity contribution in [2.75, 3.05) is 39.5 Å². The normalized spacial score (nSPS) is 22.0. The van der Waals surface area contributed by atoms with E-state index in [2.05, 4.69) is 24.9 Å². The van der Waals surface area contributed by atoms with E-state index < -0.39 is 34.9 Å². The van der Waals surface area contributed by atoms with Gasteiger partial charge in [0, 0.05) is 56.3 Å². The van der Waals surface area contributed by atoms with Crippen LogP contribution in [0.4, 0.5) is 15.3 Å². The number of carbonyl (C=O) groups excluding carboxylic acids is 2. The molecule has 0 bridgehead atoms. The number of nitro groups is 1. The fraction of sp³-hybridized carbons (Fsp3) is 0.642. The molecule has 15 nitrogen and oxygen atoms in total. The Balaban J connectivity index is 1.55. The molecule has 2 aromatic rings. The van der Waals surface area contributed by atoms with Gasteiger partial charge in [-0.15, -0.1) is 6.58 Å². The van der Waals surface area contributed by atoms with E-state index in [9.17, 15) is 29.9 Å². The first-order valence-electron chi connectivity index (χ1n) is 25.5. The third kappa shape index (κ3) is 14.5. The molecule has 0 spiro atoms. The topological polar surface area (TPSA) is 192 Å². The van der Waals surface area contributed by atoms with Gasteiger partial charge in [0.05, 0.1) is 29.8 Å². The van der Waals surface area contributed by atoms with Crippen molar-refractivity contribution < 1.29 is 48.5 Å². The lowest BCUT2D eigenvalue weighted by atomic mass is 9.55. The lowest BCUT2D eigenvalue weighted by molar-refractivity contribution is -0.384. The molecule has 0 radical (unpaired) electrons. The highest BCUT2D eigenvalue weighted by molar-refractivity contribution is 6.03. The smallest absolute Gasteiger partial charge is 0.412 e. The second-order valence-electron chi connectivity index (χ2n) is 18.4. The van der Waals surface area contributed by atoms with E-state index in [0.29, 0.717) is 55.1 Å². The number of amides is 2. The van der Waals surface area contributed by atoms with Gasteiger partial charge in [-0.3, -0.25) is 15.0 Å². The van der Waals surface area contributed by atoms with Crippen LogP contribution in [-0.4, -0.2) is 89.3 Å². The van der Waals surface area contributed by atoms with Gasteiger partial charge in [0.2, 0.25) is 5.79 Å². The Morgan fingerprint density at radius 2 is 1.62 bits per heavy atom. The number of hydrogen-bond donors (Lipinski definition) is 3. The third-order valence-electron chi connectivity index (χ3n) is 13.6. The molecule has 5 rings (SSSR count). The van der Waals surface area contributed by atoms with Crippen LogP contribution in [-0.2, 0) is 20.9 Å². The average Bonchev–Trinajstić information content (AvgIpc) is 3.33. The maximum Gasteiger partial charge on any atom is 0.412 e. The Kier molecular flexibility index (Phi) is 22.6. The van der Waals surface area contributed by atoms with Crippen molar-refractivity contribution in [1.82, 2.24) is 10.2 Å². The monoisotopic (exact) mass is 947 g/mol. The number of aliphatic hydroxyl groups excluding tert-OH is 2. The van der Waals surface area contributed by atoms with Gasteiger partial charge in [-0.2, -0.15) is 0 Å². The van der Waals surface area contributed by atoms with Crippen LogP contribution in [0.3, 0.4) is 0 Å². The van der Waals surface area contributed by atoms with Crippen molar-refractivity contribution in [3.05, 3.63) is 88.0 Å². The van der Waals surface area contributed by atoms with Gasteiger partial charge in [-0.1, -0.05) is 102 Å². The minimum absolute atomic E-state index is 0.0123. The number of allylic oxidation sites excluding steroid dienone is 1. The minimum atomic E-state index is -1.48. The Hall–Kier alpha value is -4.99.